The lowest BCUT2D eigenvalue weighted by molar-refractivity contribution is -0.165. The maximum absolute atomic E-state index is 14.1. The fourth-order valence-electron chi connectivity index (χ4n) is 4.71. The second kappa shape index (κ2) is 10.0. The highest BCUT2D eigenvalue weighted by Crippen LogP contribution is 2.49. The summed E-state index contributed by atoms with van der Waals surface area (Å²) < 4.78 is 6.93. The first-order chi connectivity index (χ1) is 16.0. The molecule has 0 radical (unpaired) electrons. The van der Waals surface area contributed by atoms with Gasteiger partial charge >= 0.3 is 0 Å². The zero-order valence-corrected chi connectivity index (χ0v) is 20.1. The molecule has 4 rings (SSSR count). The van der Waals surface area contributed by atoms with Crippen LogP contribution in [0.2, 0.25) is 5.02 Å². The van der Waals surface area contributed by atoms with E-state index in [1.807, 2.05) is 30.3 Å². The highest BCUT2D eigenvalue weighted by Gasteiger charge is 2.53. The topological polar surface area (TPSA) is 58.6 Å². The smallest absolute Gasteiger partial charge is 0.257 e. The largest absolute Gasteiger partial charge is 0.463 e. The molecule has 2 heterocycles. The van der Waals surface area contributed by atoms with E-state index in [4.69, 9.17) is 16.3 Å². The molecule has 0 bridgehead atoms. The molecule has 0 fully saturated rings. The third-order valence-electron chi connectivity index (χ3n) is 6.37. The molecule has 2 aromatic carbocycles. The number of halogens is 1. The number of fused-ring (bicyclic) bond motifs is 3. The molecule has 0 aliphatic carbocycles. The number of carbonyl (C=O) groups is 2. The van der Waals surface area contributed by atoms with Gasteiger partial charge in [-0.1, -0.05) is 75.0 Å². The van der Waals surface area contributed by atoms with Crippen LogP contribution in [0.15, 0.2) is 59.9 Å². The number of rotatable bonds is 8. The summed E-state index contributed by atoms with van der Waals surface area (Å²) in [5.41, 5.74) is 1.49. The summed E-state index contributed by atoms with van der Waals surface area (Å²) in [5, 5.41) is 3.47. The molecular weight excluding hydrogens is 436 g/mol. The predicted molar refractivity (Wildman–Crippen MR) is 131 cm³/mol. The molecule has 2 aliphatic heterocycles. The van der Waals surface area contributed by atoms with Crippen molar-refractivity contribution in [1.82, 2.24) is 4.90 Å². The Labute approximate surface area is 200 Å². The highest BCUT2D eigenvalue weighted by molar-refractivity contribution is 6.30. The van der Waals surface area contributed by atoms with Crippen molar-refractivity contribution in [2.45, 2.75) is 64.5 Å². The Hall–Kier alpha value is -2.79. The van der Waals surface area contributed by atoms with Gasteiger partial charge in [-0.2, -0.15) is 0 Å². The van der Waals surface area contributed by atoms with E-state index in [-0.39, 0.29) is 18.4 Å². The summed E-state index contributed by atoms with van der Waals surface area (Å²) in [5.74, 6) is 0.355. The second-order valence-electron chi connectivity index (χ2n) is 8.70. The first-order valence-electron chi connectivity index (χ1n) is 11.9. The minimum atomic E-state index is -1.27. The molecule has 33 heavy (non-hydrogen) atoms. The van der Waals surface area contributed by atoms with E-state index in [1.54, 1.807) is 23.1 Å². The number of benzene rings is 2. The lowest BCUT2D eigenvalue weighted by Gasteiger charge is -2.47. The number of ether oxygens (including phenoxy) is 1. The molecular formula is C27H31ClN2O3. The number of allylic oxidation sites excluding steroid dienone is 1. The average molecular weight is 467 g/mol. The zero-order valence-electron chi connectivity index (χ0n) is 19.3. The summed E-state index contributed by atoms with van der Waals surface area (Å²) >= 11 is 6.44. The minimum absolute atomic E-state index is 0.0993. The summed E-state index contributed by atoms with van der Waals surface area (Å²) in [4.78, 5) is 28.6. The van der Waals surface area contributed by atoms with Gasteiger partial charge in [0.1, 0.15) is 12.3 Å². The second-order valence-corrected chi connectivity index (χ2v) is 9.14. The predicted octanol–water partition coefficient (Wildman–Crippen LogP) is 6.38. The first-order valence-corrected chi connectivity index (χ1v) is 12.3. The Morgan fingerprint density at radius 1 is 1.00 bits per heavy atom. The van der Waals surface area contributed by atoms with Gasteiger partial charge in [-0.3, -0.25) is 14.5 Å². The van der Waals surface area contributed by atoms with E-state index < -0.39 is 5.72 Å². The third-order valence-corrected chi connectivity index (χ3v) is 6.60. The van der Waals surface area contributed by atoms with Gasteiger partial charge in [0.2, 0.25) is 11.6 Å². The number of nitrogens with zero attached hydrogens (tertiary/aromatic N) is 1. The fourth-order valence-corrected chi connectivity index (χ4v) is 4.89. The van der Waals surface area contributed by atoms with Crippen LogP contribution in [0.25, 0.3) is 0 Å². The van der Waals surface area contributed by atoms with Gasteiger partial charge in [-0.25, -0.2) is 0 Å². The van der Waals surface area contributed by atoms with Gasteiger partial charge in [0.05, 0.1) is 11.3 Å². The normalized spacial score (nSPS) is 20.0. The number of hydrogen-bond donors (Lipinski definition) is 1. The SMILES string of the molecule is CCCCCC1=C(CCCC)C(=O)N2CC(=O)Nc3ccc(Cl)cc3C2(c2ccccc2)O1. The maximum atomic E-state index is 14.1. The van der Waals surface area contributed by atoms with Gasteiger partial charge in [0.15, 0.2) is 0 Å². The molecule has 6 heteroatoms. The van der Waals surface area contributed by atoms with Gasteiger partial charge in [0, 0.05) is 22.6 Å². The van der Waals surface area contributed by atoms with Gasteiger partial charge in [-0.15, -0.1) is 0 Å². The van der Waals surface area contributed by atoms with E-state index in [0.717, 1.165) is 43.4 Å². The van der Waals surface area contributed by atoms with Crippen molar-refractivity contribution in [2.24, 2.45) is 0 Å². The van der Waals surface area contributed by atoms with Crippen molar-refractivity contribution in [1.29, 1.82) is 0 Å². The maximum Gasteiger partial charge on any atom is 0.257 e. The van der Waals surface area contributed by atoms with Crippen LogP contribution in [0.5, 0.6) is 0 Å². The Bertz CT molecular complexity index is 1070. The molecule has 1 unspecified atom stereocenters. The van der Waals surface area contributed by atoms with Crippen LogP contribution < -0.4 is 5.32 Å². The van der Waals surface area contributed by atoms with E-state index in [2.05, 4.69) is 19.2 Å². The average Bonchev–Trinajstić information content (AvgIpc) is 2.94. The molecule has 174 valence electrons. The van der Waals surface area contributed by atoms with E-state index in [9.17, 15) is 9.59 Å². The Kier molecular flexibility index (Phi) is 7.08. The fraction of sp³-hybridized carbons (Fsp3) is 0.407. The summed E-state index contributed by atoms with van der Waals surface area (Å²) in [6.07, 6.45) is 6.29. The highest BCUT2D eigenvalue weighted by atomic mass is 35.5. The number of nitrogens with one attached hydrogen (secondary N) is 1. The van der Waals surface area contributed by atoms with Crippen molar-refractivity contribution < 1.29 is 14.3 Å². The Morgan fingerprint density at radius 2 is 1.76 bits per heavy atom. The number of amides is 2. The number of carbonyl (C=O) groups excluding carboxylic acids is 2. The van der Waals surface area contributed by atoms with Crippen molar-refractivity contribution in [3.8, 4) is 0 Å². The van der Waals surface area contributed by atoms with E-state index in [1.165, 1.54) is 0 Å². The number of hydrogen-bond acceptors (Lipinski definition) is 3. The van der Waals surface area contributed by atoms with Crippen LogP contribution in [-0.2, 0) is 20.1 Å². The number of unbranched alkanes of at least 4 members (excludes halogenated alkanes) is 3. The van der Waals surface area contributed by atoms with Gasteiger partial charge < -0.3 is 10.1 Å². The molecule has 0 saturated heterocycles. The van der Waals surface area contributed by atoms with Crippen LogP contribution in [0, 0.1) is 0 Å². The quantitative estimate of drug-likeness (QED) is 0.459. The van der Waals surface area contributed by atoms with Gasteiger partial charge in [-0.05, 0) is 37.5 Å². The van der Waals surface area contributed by atoms with Crippen LogP contribution in [0.3, 0.4) is 0 Å². The monoisotopic (exact) mass is 466 g/mol. The van der Waals surface area contributed by atoms with Crippen LogP contribution >= 0.6 is 11.6 Å². The van der Waals surface area contributed by atoms with Gasteiger partial charge in [0.25, 0.3) is 5.91 Å². The summed E-state index contributed by atoms with van der Waals surface area (Å²) in [7, 11) is 0. The zero-order chi connectivity index (χ0) is 23.4. The molecule has 1 atom stereocenters. The molecule has 2 amide bonds. The summed E-state index contributed by atoms with van der Waals surface area (Å²) in [6, 6.07) is 15.0. The lowest BCUT2D eigenvalue weighted by atomic mass is 9.88. The molecule has 0 saturated carbocycles. The molecule has 5 nitrogen and oxygen atoms in total. The first kappa shape index (κ1) is 23.4. The van der Waals surface area contributed by atoms with E-state index >= 15 is 0 Å². The molecule has 2 aliphatic rings. The van der Waals surface area contributed by atoms with E-state index in [0.29, 0.717) is 34.7 Å². The van der Waals surface area contributed by atoms with Crippen molar-refractivity contribution in [3.05, 3.63) is 76.0 Å². The lowest BCUT2D eigenvalue weighted by Crippen LogP contribution is -2.56. The molecule has 0 spiro atoms. The summed E-state index contributed by atoms with van der Waals surface area (Å²) in [6.45, 7) is 4.17. The minimum Gasteiger partial charge on any atom is -0.463 e. The molecule has 0 aromatic heterocycles. The Balaban J connectivity index is 1.97. The van der Waals surface area contributed by atoms with Crippen LogP contribution in [0.1, 0.15) is 69.9 Å². The molecule has 2 aromatic rings. The number of anilines is 1. The van der Waals surface area contributed by atoms with Crippen molar-refractivity contribution in [3.63, 3.8) is 0 Å². The van der Waals surface area contributed by atoms with Crippen LogP contribution in [0.4, 0.5) is 5.69 Å². The van der Waals surface area contributed by atoms with Crippen molar-refractivity contribution >= 4 is 29.1 Å². The standard InChI is InChI=1S/C27H31ClN2O3/c1-3-5-8-14-24-21(13-6-4-2)26(32)30-18-25(31)29-23-16-15-20(28)17-22(23)27(30,33-24)19-11-9-7-10-12-19/h7,9-12,15-17H,3-6,8,13-14,18H2,1-2H3,(H,29,31). The van der Waals surface area contributed by atoms with Crippen LogP contribution in [-0.4, -0.2) is 23.3 Å². The Morgan fingerprint density at radius 3 is 2.48 bits per heavy atom. The third kappa shape index (κ3) is 4.39. The molecule has 1 N–H and O–H groups in total. The van der Waals surface area contributed by atoms with Crippen molar-refractivity contribution in [2.75, 3.05) is 11.9 Å².